The van der Waals surface area contributed by atoms with Crippen LogP contribution in [-0.4, -0.2) is 37.2 Å². The van der Waals surface area contributed by atoms with E-state index in [9.17, 15) is 14.4 Å². The summed E-state index contributed by atoms with van der Waals surface area (Å²) >= 11 is 0. The van der Waals surface area contributed by atoms with Crippen molar-refractivity contribution in [1.29, 1.82) is 0 Å². The molecule has 1 atom stereocenters. The highest BCUT2D eigenvalue weighted by atomic mass is 16.6. The van der Waals surface area contributed by atoms with Crippen LogP contribution in [0.15, 0.2) is 36.5 Å². The highest BCUT2D eigenvalue weighted by Crippen LogP contribution is 2.18. The Kier molecular flexibility index (Phi) is 61.1. The molecule has 6 nitrogen and oxygen atoms in total. The minimum Gasteiger partial charge on any atom is -0.462 e. The molecule has 0 aromatic carbocycles. The second-order valence-electron chi connectivity index (χ2n) is 22.4. The van der Waals surface area contributed by atoms with Gasteiger partial charge in [-0.1, -0.05) is 301 Å². The van der Waals surface area contributed by atoms with E-state index < -0.39 is 6.10 Å². The number of rotatable bonds is 61. The molecule has 0 aliphatic heterocycles. The lowest BCUT2D eigenvalue weighted by Crippen LogP contribution is -2.30. The monoisotopic (exact) mass is 1040 g/mol. The number of hydrogen-bond donors (Lipinski definition) is 0. The van der Waals surface area contributed by atoms with Crippen molar-refractivity contribution in [2.24, 2.45) is 0 Å². The zero-order chi connectivity index (χ0) is 53.6. The van der Waals surface area contributed by atoms with E-state index >= 15 is 0 Å². The van der Waals surface area contributed by atoms with Crippen molar-refractivity contribution >= 4 is 17.9 Å². The number of unbranched alkanes of at least 4 members (excludes halogenated alkanes) is 44. The first-order valence-corrected chi connectivity index (χ1v) is 33.0. The van der Waals surface area contributed by atoms with Crippen LogP contribution >= 0.6 is 0 Å². The van der Waals surface area contributed by atoms with Crippen LogP contribution < -0.4 is 0 Å². The maximum absolute atomic E-state index is 12.8. The van der Waals surface area contributed by atoms with E-state index in [1.165, 1.54) is 250 Å². The summed E-state index contributed by atoms with van der Waals surface area (Å²) in [5, 5.41) is 0. The van der Waals surface area contributed by atoms with Crippen LogP contribution in [0.2, 0.25) is 0 Å². The van der Waals surface area contributed by atoms with Crippen LogP contribution in [0, 0.1) is 0 Å². The molecule has 0 aromatic rings. The second kappa shape index (κ2) is 63.2. The van der Waals surface area contributed by atoms with Crippen molar-refractivity contribution in [1.82, 2.24) is 0 Å². The Hall–Kier alpha value is -2.37. The molecule has 0 bridgehead atoms. The van der Waals surface area contributed by atoms with Gasteiger partial charge in [-0.25, -0.2) is 0 Å². The molecule has 0 aromatic heterocycles. The van der Waals surface area contributed by atoms with Crippen molar-refractivity contribution in [3.63, 3.8) is 0 Å². The van der Waals surface area contributed by atoms with Crippen LogP contribution in [0.4, 0.5) is 0 Å². The molecular weight excluding hydrogens is 913 g/mol. The number of allylic oxidation sites excluding steroid dienone is 6. The van der Waals surface area contributed by atoms with Gasteiger partial charge in [0, 0.05) is 19.3 Å². The fourth-order valence-electron chi connectivity index (χ4n) is 9.88. The minimum atomic E-state index is -0.768. The van der Waals surface area contributed by atoms with Gasteiger partial charge < -0.3 is 14.2 Å². The molecule has 0 spiro atoms. The van der Waals surface area contributed by atoms with Crippen molar-refractivity contribution < 1.29 is 28.6 Å². The normalized spacial score (nSPS) is 12.2. The first-order chi connectivity index (χ1) is 36.5. The third-order valence-corrected chi connectivity index (χ3v) is 14.9. The lowest BCUT2D eigenvalue weighted by Gasteiger charge is -2.18. The molecule has 0 saturated carbocycles. The molecule has 434 valence electrons. The summed E-state index contributed by atoms with van der Waals surface area (Å²) < 4.78 is 16.8. The molecule has 74 heavy (non-hydrogen) atoms. The summed E-state index contributed by atoms with van der Waals surface area (Å²) in [6, 6.07) is 0. The fourth-order valence-corrected chi connectivity index (χ4v) is 9.88. The summed E-state index contributed by atoms with van der Waals surface area (Å²) in [6.07, 6.45) is 78.0. The standard InChI is InChI=1S/C68H126O6/c1-4-7-10-13-15-17-19-21-23-25-27-28-29-30-31-32-33-34-35-36-37-38-39-40-41-43-44-46-48-50-52-55-58-61-67(70)73-64-65(63-72-66(69)60-57-54-12-9-6-3)74-68(71)62-59-56-53-51-49-47-45-42-26-24-22-20-18-16-14-11-8-5-2/h19,21,24-27,65H,4-18,20,22-23,28-64H2,1-3H3/b21-19-,26-24-,27-25-. The summed E-state index contributed by atoms with van der Waals surface area (Å²) in [5.74, 6) is -0.868. The summed E-state index contributed by atoms with van der Waals surface area (Å²) in [7, 11) is 0. The zero-order valence-electron chi connectivity index (χ0n) is 49.9. The van der Waals surface area contributed by atoms with E-state index in [0.29, 0.717) is 19.3 Å². The molecular formula is C68H126O6. The van der Waals surface area contributed by atoms with Crippen LogP contribution in [-0.2, 0) is 28.6 Å². The lowest BCUT2D eigenvalue weighted by molar-refractivity contribution is -0.167. The van der Waals surface area contributed by atoms with Gasteiger partial charge in [-0.05, 0) is 77.0 Å². The van der Waals surface area contributed by atoms with Crippen molar-refractivity contribution in [3.05, 3.63) is 36.5 Å². The molecule has 0 amide bonds. The third-order valence-electron chi connectivity index (χ3n) is 14.9. The summed E-state index contributed by atoms with van der Waals surface area (Å²) in [4.78, 5) is 37.9. The molecule has 0 saturated heterocycles. The van der Waals surface area contributed by atoms with Gasteiger partial charge in [-0.2, -0.15) is 0 Å². The summed E-state index contributed by atoms with van der Waals surface area (Å²) in [6.45, 7) is 6.59. The first kappa shape index (κ1) is 71.6. The first-order valence-electron chi connectivity index (χ1n) is 33.0. The Labute approximate surface area is 461 Å². The molecule has 6 heteroatoms. The molecule has 0 N–H and O–H groups in total. The van der Waals surface area contributed by atoms with Gasteiger partial charge in [0.25, 0.3) is 0 Å². The Balaban J connectivity index is 3.90. The van der Waals surface area contributed by atoms with Gasteiger partial charge in [0.1, 0.15) is 13.2 Å². The van der Waals surface area contributed by atoms with Gasteiger partial charge in [0.15, 0.2) is 6.10 Å². The highest BCUT2D eigenvalue weighted by molar-refractivity contribution is 5.71. The van der Waals surface area contributed by atoms with Gasteiger partial charge in [0.05, 0.1) is 0 Å². The van der Waals surface area contributed by atoms with Gasteiger partial charge in [0.2, 0.25) is 0 Å². The molecule has 0 heterocycles. The topological polar surface area (TPSA) is 78.9 Å². The quantitative estimate of drug-likeness (QED) is 0.0261. The molecule has 0 radical (unpaired) electrons. The highest BCUT2D eigenvalue weighted by Gasteiger charge is 2.19. The van der Waals surface area contributed by atoms with Crippen LogP contribution in [0.5, 0.6) is 0 Å². The van der Waals surface area contributed by atoms with Gasteiger partial charge in [-0.15, -0.1) is 0 Å². The molecule has 0 aliphatic rings. The van der Waals surface area contributed by atoms with E-state index in [2.05, 4.69) is 57.2 Å². The Morgan fingerprint density at radius 1 is 0.270 bits per heavy atom. The van der Waals surface area contributed by atoms with E-state index in [-0.39, 0.29) is 31.1 Å². The third kappa shape index (κ3) is 60.5. The van der Waals surface area contributed by atoms with E-state index in [1.54, 1.807) is 0 Å². The number of carbonyl (C=O) groups is 3. The van der Waals surface area contributed by atoms with Crippen LogP contribution in [0.1, 0.15) is 361 Å². The minimum absolute atomic E-state index is 0.0695. The Morgan fingerprint density at radius 3 is 0.757 bits per heavy atom. The number of hydrogen-bond acceptors (Lipinski definition) is 6. The van der Waals surface area contributed by atoms with E-state index in [1.807, 2.05) is 0 Å². The smallest absolute Gasteiger partial charge is 0.306 e. The Bertz CT molecular complexity index is 1240. The average molecular weight is 1040 g/mol. The number of ether oxygens (including phenoxy) is 3. The summed E-state index contributed by atoms with van der Waals surface area (Å²) in [5.41, 5.74) is 0. The van der Waals surface area contributed by atoms with E-state index in [0.717, 1.165) is 70.6 Å². The zero-order valence-corrected chi connectivity index (χ0v) is 49.9. The largest absolute Gasteiger partial charge is 0.462 e. The van der Waals surface area contributed by atoms with Crippen molar-refractivity contribution in [2.75, 3.05) is 13.2 Å². The SMILES string of the molecule is CCCCCCC/C=C\C/C=C\CCCCCCCCCCCCCCCCCCCCCCCC(=O)OCC(COC(=O)CCCCCCC)OC(=O)CCCCCCCCC/C=C\CCCCCCCCC. The van der Waals surface area contributed by atoms with Gasteiger partial charge in [-0.3, -0.25) is 14.4 Å². The van der Waals surface area contributed by atoms with Crippen molar-refractivity contribution in [3.8, 4) is 0 Å². The van der Waals surface area contributed by atoms with E-state index in [4.69, 9.17) is 14.2 Å². The van der Waals surface area contributed by atoms with Crippen LogP contribution in [0.25, 0.3) is 0 Å². The maximum Gasteiger partial charge on any atom is 0.306 e. The molecule has 0 aliphatic carbocycles. The van der Waals surface area contributed by atoms with Gasteiger partial charge >= 0.3 is 17.9 Å². The predicted octanol–water partition coefficient (Wildman–Crippen LogP) is 22.4. The maximum atomic E-state index is 12.8. The molecule has 0 fully saturated rings. The number of carbonyl (C=O) groups excluding carboxylic acids is 3. The predicted molar refractivity (Wildman–Crippen MR) is 321 cm³/mol. The second-order valence-corrected chi connectivity index (χ2v) is 22.4. The average Bonchev–Trinajstić information content (AvgIpc) is 3.40. The number of esters is 3. The Morgan fingerprint density at radius 2 is 0.486 bits per heavy atom. The molecule has 0 rings (SSSR count). The fraction of sp³-hybridized carbons (Fsp3) is 0.868. The van der Waals surface area contributed by atoms with Crippen molar-refractivity contribution in [2.45, 2.75) is 367 Å². The van der Waals surface area contributed by atoms with Crippen LogP contribution in [0.3, 0.4) is 0 Å². The molecule has 1 unspecified atom stereocenters. The lowest BCUT2D eigenvalue weighted by atomic mass is 10.0.